The van der Waals surface area contributed by atoms with Crippen LogP contribution < -0.4 is 10.2 Å². The fraction of sp³-hybridized carbons (Fsp3) is 0.300. The maximum atomic E-state index is 12.7. The Morgan fingerprint density at radius 2 is 2.08 bits per heavy atom. The Morgan fingerprint density at radius 1 is 1.24 bits per heavy atom. The average Bonchev–Trinajstić information content (AvgIpc) is 3.06. The molecular formula is C20H22N4O. The zero-order valence-corrected chi connectivity index (χ0v) is 14.3. The van der Waals surface area contributed by atoms with Crippen LogP contribution in [0.3, 0.4) is 0 Å². The highest BCUT2D eigenvalue weighted by Gasteiger charge is 2.23. The zero-order chi connectivity index (χ0) is 17.2. The highest BCUT2D eigenvalue weighted by molar-refractivity contribution is 6.04. The molecule has 5 nitrogen and oxygen atoms in total. The minimum Gasteiger partial charge on any atom is -0.369 e. The number of aryl methyl sites for hydroxylation is 1. The summed E-state index contributed by atoms with van der Waals surface area (Å²) in [6.45, 7) is 3.88. The predicted molar refractivity (Wildman–Crippen MR) is 100.0 cm³/mol. The van der Waals surface area contributed by atoms with Crippen LogP contribution in [0.1, 0.15) is 28.9 Å². The predicted octanol–water partition coefficient (Wildman–Crippen LogP) is 3.27. The number of nitrogens with one attached hydrogen (secondary N) is 2. The number of amides is 1. The smallest absolute Gasteiger partial charge is 0.272 e. The number of aromatic nitrogens is 2. The fourth-order valence-electron chi connectivity index (χ4n) is 3.52. The zero-order valence-electron chi connectivity index (χ0n) is 14.3. The number of fused-ring (bicyclic) bond motifs is 1. The van der Waals surface area contributed by atoms with E-state index in [-0.39, 0.29) is 11.9 Å². The number of carbonyl (C=O) groups excluding carboxylic acids is 1. The monoisotopic (exact) mass is 334 g/mol. The number of hydrogen-bond acceptors (Lipinski definition) is 3. The lowest BCUT2D eigenvalue weighted by Gasteiger charge is -2.34. The van der Waals surface area contributed by atoms with E-state index in [0.29, 0.717) is 5.69 Å². The molecule has 1 unspecified atom stereocenters. The Kier molecular flexibility index (Phi) is 4.14. The van der Waals surface area contributed by atoms with Gasteiger partial charge in [-0.25, -0.2) is 0 Å². The third-order valence-corrected chi connectivity index (χ3v) is 4.81. The second-order valence-electron chi connectivity index (χ2n) is 6.72. The van der Waals surface area contributed by atoms with Crippen molar-refractivity contribution in [2.75, 3.05) is 18.0 Å². The Balaban J connectivity index is 1.49. The van der Waals surface area contributed by atoms with E-state index in [1.54, 1.807) is 0 Å². The van der Waals surface area contributed by atoms with Gasteiger partial charge in [-0.05, 0) is 44.0 Å². The van der Waals surface area contributed by atoms with E-state index in [2.05, 4.69) is 44.7 Å². The van der Waals surface area contributed by atoms with Crippen LogP contribution in [0.5, 0.6) is 0 Å². The summed E-state index contributed by atoms with van der Waals surface area (Å²) in [5.74, 6) is -0.100. The number of rotatable bonds is 3. The summed E-state index contributed by atoms with van der Waals surface area (Å²) in [7, 11) is 0. The maximum absolute atomic E-state index is 12.7. The molecule has 1 aromatic heterocycles. The summed E-state index contributed by atoms with van der Waals surface area (Å²) in [5, 5.41) is 11.2. The van der Waals surface area contributed by atoms with Gasteiger partial charge in [-0.15, -0.1) is 0 Å². The van der Waals surface area contributed by atoms with Crippen LogP contribution in [-0.4, -0.2) is 35.2 Å². The Bertz CT molecular complexity index is 887. The molecule has 0 saturated carbocycles. The molecule has 1 fully saturated rings. The highest BCUT2D eigenvalue weighted by atomic mass is 16.2. The van der Waals surface area contributed by atoms with Gasteiger partial charge in [-0.1, -0.05) is 29.8 Å². The normalized spacial score (nSPS) is 17.6. The minimum absolute atomic E-state index is 0.100. The van der Waals surface area contributed by atoms with Crippen molar-refractivity contribution in [3.05, 3.63) is 59.8 Å². The third kappa shape index (κ3) is 3.22. The lowest BCUT2D eigenvalue weighted by molar-refractivity contribution is 0.0929. The first-order valence-electron chi connectivity index (χ1n) is 8.76. The van der Waals surface area contributed by atoms with Crippen molar-refractivity contribution in [3.8, 4) is 0 Å². The van der Waals surface area contributed by atoms with Crippen molar-refractivity contribution >= 4 is 22.5 Å². The molecule has 2 N–H and O–H groups in total. The molecule has 1 saturated heterocycles. The van der Waals surface area contributed by atoms with Gasteiger partial charge in [0.2, 0.25) is 0 Å². The number of anilines is 1. The molecule has 0 radical (unpaired) electrons. The molecule has 0 aliphatic carbocycles. The molecule has 25 heavy (non-hydrogen) atoms. The first-order chi connectivity index (χ1) is 12.2. The van der Waals surface area contributed by atoms with Gasteiger partial charge < -0.3 is 10.2 Å². The molecule has 3 aromatic rings. The molecule has 2 heterocycles. The maximum Gasteiger partial charge on any atom is 0.272 e. The standard InChI is InChI=1S/C20H22N4O/c1-14-9-10-18-17(12-14)19(23-22-18)20(25)21-15-6-5-11-24(13-15)16-7-3-2-4-8-16/h2-4,7-10,12,15H,5-6,11,13H2,1H3,(H,21,25)(H,22,23). The molecule has 0 bridgehead atoms. The van der Waals surface area contributed by atoms with E-state index in [1.165, 1.54) is 5.69 Å². The lowest BCUT2D eigenvalue weighted by atomic mass is 10.0. The number of hydrogen-bond donors (Lipinski definition) is 2. The molecule has 5 heteroatoms. The van der Waals surface area contributed by atoms with Gasteiger partial charge in [0.15, 0.2) is 5.69 Å². The van der Waals surface area contributed by atoms with Crippen LogP contribution in [0.25, 0.3) is 10.9 Å². The molecule has 1 atom stereocenters. The minimum atomic E-state index is -0.100. The first kappa shape index (κ1) is 15.7. The van der Waals surface area contributed by atoms with Crippen molar-refractivity contribution in [2.24, 2.45) is 0 Å². The number of para-hydroxylation sites is 1. The number of nitrogens with zero attached hydrogens (tertiary/aromatic N) is 2. The molecule has 2 aromatic carbocycles. The van der Waals surface area contributed by atoms with Crippen molar-refractivity contribution in [1.29, 1.82) is 0 Å². The summed E-state index contributed by atoms with van der Waals surface area (Å²) in [4.78, 5) is 15.1. The van der Waals surface area contributed by atoms with Crippen molar-refractivity contribution in [3.63, 3.8) is 0 Å². The fourth-order valence-corrected chi connectivity index (χ4v) is 3.52. The number of H-pyrrole nitrogens is 1. The van der Waals surface area contributed by atoms with E-state index < -0.39 is 0 Å². The average molecular weight is 334 g/mol. The number of benzene rings is 2. The molecule has 1 aliphatic heterocycles. The lowest BCUT2D eigenvalue weighted by Crippen LogP contribution is -2.48. The van der Waals surface area contributed by atoms with Crippen LogP contribution in [0, 0.1) is 6.92 Å². The van der Waals surface area contributed by atoms with E-state index in [4.69, 9.17) is 0 Å². The van der Waals surface area contributed by atoms with Crippen LogP contribution in [-0.2, 0) is 0 Å². The third-order valence-electron chi connectivity index (χ3n) is 4.81. The largest absolute Gasteiger partial charge is 0.369 e. The van der Waals surface area contributed by atoms with E-state index >= 15 is 0 Å². The number of carbonyl (C=O) groups is 1. The van der Waals surface area contributed by atoms with Gasteiger partial charge in [0.1, 0.15) is 0 Å². The van der Waals surface area contributed by atoms with Gasteiger partial charge in [-0.2, -0.15) is 5.10 Å². The molecule has 128 valence electrons. The Morgan fingerprint density at radius 3 is 2.92 bits per heavy atom. The number of piperidine rings is 1. The topological polar surface area (TPSA) is 61.0 Å². The first-order valence-corrected chi connectivity index (χ1v) is 8.76. The van der Waals surface area contributed by atoms with Crippen molar-refractivity contribution in [2.45, 2.75) is 25.8 Å². The summed E-state index contributed by atoms with van der Waals surface area (Å²) < 4.78 is 0. The van der Waals surface area contributed by atoms with Crippen LogP contribution in [0.15, 0.2) is 48.5 Å². The van der Waals surface area contributed by atoms with Gasteiger partial charge in [0.05, 0.1) is 5.52 Å². The van der Waals surface area contributed by atoms with E-state index in [1.807, 2.05) is 31.2 Å². The van der Waals surface area contributed by atoms with Crippen LogP contribution in [0.4, 0.5) is 5.69 Å². The van der Waals surface area contributed by atoms with Gasteiger partial charge in [0.25, 0.3) is 5.91 Å². The highest BCUT2D eigenvalue weighted by Crippen LogP contribution is 2.21. The number of aromatic amines is 1. The molecule has 0 spiro atoms. The summed E-state index contributed by atoms with van der Waals surface area (Å²) in [5.41, 5.74) is 3.71. The van der Waals surface area contributed by atoms with Gasteiger partial charge >= 0.3 is 0 Å². The quantitative estimate of drug-likeness (QED) is 0.773. The second-order valence-corrected chi connectivity index (χ2v) is 6.72. The van der Waals surface area contributed by atoms with Crippen LogP contribution >= 0.6 is 0 Å². The summed E-state index contributed by atoms with van der Waals surface area (Å²) in [6, 6.07) is 16.5. The van der Waals surface area contributed by atoms with Crippen LogP contribution in [0.2, 0.25) is 0 Å². The van der Waals surface area contributed by atoms with Gasteiger partial charge in [0, 0.05) is 30.2 Å². The van der Waals surface area contributed by atoms with Gasteiger partial charge in [-0.3, -0.25) is 9.89 Å². The second kappa shape index (κ2) is 6.59. The summed E-state index contributed by atoms with van der Waals surface area (Å²) in [6.07, 6.45) is 2.07. The Labute approximate surface area is 147 Å². The van der Waals surface area contributed by atoms with Crippen molar-refractivity contribution < 1.29 is 4.79 Å². The molecule has 4 rings (SSSR count). The van der Waals surface area contributed by atoms with E-state index in [0.717, 1.165) is 42.4 Å². The van der Waals surface area contributed by atoms with E-state index in [9.17, 15) is 4.79 Å². The SMILES string of the molecule is Cc1ccc2[nH]nc(C(=O)NC3CCCN(c4ccccc4)C3)c2c1. The molecule has 1 amide bonds. The molecular weight excluding hydrogens is 312 g/mol. The summed E-state index contributed by atoms with van der Waals surface area (Å²) >= 11 is 0. The molecule has 1 aliphatic rings. The van der Waals surface area contributed by atoms with Crippen molar-refractivity contribution in [1.82, 2.24) is 15.5 Å². The Hall–Kier alpha value is -2.82.